The van der Waals surface area contributed by atoms with Gasteiger partial charge in [-0.15, -0.1) is 11.3 Å². The average Bonchev–Trinajstić information content (AvgIpc) is 2.65. The molecule has 0 radical (unpaired) electrons. The fraction of sp³-hybridized carbons (Fsp3) is 0.545. The molecule has 2 unspecified atom stereocenters. The summed E-state index contributed by atoms with van der Waals surface area (Å²) in [4.78, 5) is 11.7. The Balaban J connectivity index is 2.68. The Morgan fingerprint density at radius 3 is 2.56 bits per heavy atom. The van der Waals surface area contributed by atoms with Crippen molar-refractivity contribution in [1.29, 1.82) is 0 Å². The van der Waals surface area contributed by atoms with E-state index in [1.54, 1.807) is 33.8 Å². The number of thiophene rings is 1. The van der Waals surface area contributed by atoms with Crippen molar-refractivity contribution >= 4 is 28.1 Å². The Kier molecular flexibility index (Phi) is 4.27. The van der Waals surface area contributed by atoms with E-state index in [-0.39, 0.29) is 0 Å². The quantitative estimate of drug-likeness (QED) is 0.785. The van der Waals surface area contributed by atoms with Crippen LogP contribution in [0.4, 0.5) is 0 Å². The van der Waals surface area contributed by atoms with Crippen LogP contribution in [0.25, 0.3) is 0 Å². The molecule has 0 spiro atoms. The Bertz CT molecular complexity index is 376. The van der Waals surface area contributed by atoms with Crippen LogP contribution in [0.15, 0.2) is 21.7 Å². The first kappa shape index (κ1) is 13.4. The molecule has 0 N–H and O–H groups in total. The standard InChI is InChI=1S/C11H16O3S2/c1-8(10(12)14-11(2,3)4)16(13)9-6-5-7-15-9/h5-8H,1-4H3. The highest BCUT2D eigenvalue weighted by Crippen LogP contribution is 2.19. The SMILES string of the molecule is CC(C(=O)OC(C)(C)C)S(=O)c1cccs1. The van der Waals surface area contributed by atoms with Crippen molar-refractivity contribution in [3.05, 3.63) is 17.5 Å². The van der Waals surface area contributed by atoms with Crippen LogP contribution in [0.5, 0.6) is 0 Å². The van der Waals surface area contributed by atoms with Gasteiger partial charge in [0.25, 0.3) is 0 Å². The van der Waals surface area contributed by atoms with E-state index < -0.39 is 27.6 Å². The Hall–Kier alpha value is -0.680. The highest BCUT2D eigenvalue weighted by atomic mass is 32.2. The molecule has 0 aliphatic carbocycles. The third-order valence-electron chi connectivity index (χ3n) is 1.75. The minimum absolute atomic E-state index is 0.417. The minimum atomic E-state index is -1.32. The van der Waals surface area contributed by atoms with Crippen molar-refractivity contribution in [3.63, 3.8) is 0 Å². The first-order chi connectivity index (χ1) is 7.31. The van der Waals surface area contributed by atoms with Crippen LogP contribution in [-0.4, -0.2) is 21.0 Å². The molecule has 16 heavy (non-hydrogen) atoms. The average molecular weight is 260 g/mol. The zero-order valence-electron chi connectivity index (χ0n) is 9.85. The molecule has 2 atom stereocenters. The highest BCUT2D eigenvalue weighted by molar-refractivity contribution is 7.88. The van der Waals surface area contributed by atoms with Gasteiger partial charge < -0.3 is 4.74 Å². The topological polar surface area (TPSA) is 43.4 Å². The molecule has 3 nitrogen and oxygen atoms in total. The van der Waals surface area contributed by atoms with Gasteiger partial charge in [-0.3, -0.25) is 9.00 Å². The van der Waals surface area contributed by atoms with Crippen LogP contribution in [0.1, 0.15) is 27.7 Å². The van der Waals surface area contributed by atoms with Crippen LogP contribution >= 0.6 is 11.3 Å². The molecule has 1 heterocycles. The van der Waals surface area contributed by atoms with E-state index in [0.717, 1.165) is 0 Å². The molecule has 90 valence electrons. The summed E-state index contributed by atoms with van der Waals surface area (Å²) in [5.41, 5.74) is -0.537. The third kappa shape index (κ3) is 3.72. The second-order valence-corrected chi connectivity index (χ2v) is 7.35. The van der Waals surface area contributed by atoms with Crippen molar-refractivity contribution in [2.45, 2.75) is 42.8 Å². The summed E-state index contributed by atoms with van der Waals surface area (Å²) in [6.07, 6.45) is 0. The predicted molar refractivity (Wildman–Crippen MR) is 66.0 cm³/mol. The number of esters is 1. The van der Waals surface area contributed by atoms with Crippen LogP contribution in [0, 0.1) is 0 Å². The first-order valence-corrected chi connectivity index (χ1v) is 7.07. The molecule has 0 bridgehead atoms. The van der Waals surface area contributed by atoms with Gasteiger partial charge in [-0.05, 0) is 39.1 Å². The molecule has 0 aliphatic heterocycles. The van der Waals surface area contributed by atoms with Gasteiger partial charge in [-0.25, -0.2) is 0 Å². The molecular weight excluding hydrogens is 244 g/mol. The molecule has 0 saturated heterocycles. The van der Waals surface area contributed by atoms with Gasteiger partial charge in [-0.1, -0.05) is 6.07 Å². The molecular formula is C11H16O3S2. The van der Waals surface area contributed by atoms with E-state index in [4.69, 9.17) is 4.74 Å². The number of rotatable bonds is 3. The van der Waals surface area contributed by atoms with Gasteiger partial charge in [0.1, 0.15) is 10.9 Å². The predicted octanol–water partition coefficient (Wildman–Crippen LogP) is 2.59. The van der Waals surface area contributed by atoms with Crippen molar-refractivity contribution in [1.82, 2.24) is 0 Å². The number of hydrogen-bond donors (Lipinski definition) is 0. The van der Waals surface area contributed by atoms with E-state index in [0.29, 0.717) is 4.21 Å². The smallest absolute Gasteiger partial charge is 0.322 e. The maximum Gasteiger partial charge on any atom is 0.322 e. The van der Waals surface area contributed by atoms with E-state index in [9.17, 15) is 9.00 Å². The van der Waals surface area contributed by atoms with Crippen LogP contribution < -0.4 is 0 Å². The number of ether oxygens (including phenoxy) is 1. The Morgan fingerprint density at radius 2 is 2.12 bits per heavy atom. The fourth-order valence-corrected chi connectivity index (χ4v) is 3.24. The molecule has 0 aromatic carbocycles. The summed E-state index contributed by atoms with van der Waals surface area (Å²) in [6.45, 7) is 7.02. The fourth-order valence-electron chi connectivity index (χ4n) is 1.02. The lowest BCUT2D eigenvalue weighted by Gasteiger charge is -2.21. The summed E-state index contributed by atoms with van der Waals surface area (Å²) in [5.74, 6) is -0.417. The van der Waals surface area contributed by atoms with Crippen LogP contribution in [0.3, 0.4) is 0 Å². The lowest BCUT2D eigenvalue weighted by atomic mass is 10.2. The Morgan fingerprint density at radius 1 is 1.50 bits per heavy atom. The van der Waals surface area contributed by atoms with E-state index in [1.165, 1.54) is 11.3 Å². The lowest BCUT2D eigenvalue weighted by molar-refractivity contribution is -0.153. The molecule has 1 rings (SSSR count). The van der Waals surface area contributed by atoms with Gasteiger partial charge >= 0.3 is 5.97 Å². The summed E-state index contributed by atoms with van der Waals surface area (Å²) in [5, 5.41) is 1.22. The van der Waals surface area contributed by atoms with Gasteiger partial charge in [0.05, 0.1) is 15.0 Å². The van der Waals surface area contributed by atoms with E-state index in [1.807, 2.05) is 11.4 Å². The second kappa shape index (κ2) is 5.10. The normalized spacial score (nSPS) is 15.5. The monoisotopic (exact) mass is 260 g/mol. The number of carbonyl (C=O) groups excluding carboxylic acids is 1. The molecule has 0 fully saturated rings. The van der Waals surface area contributed by atoms with Gasteiger partial charge in [0, 0.05) is 0 Å². The van der Waals surface area contributed by atoms with Crippen LogP contribution in [0.2, 0.25) is 0 Å². The molecule has 0 saturated carbocycles. The maximum absolute atomic E-state index is 12.0. The summed E-state index contributed by atoms with van der Waals surface area (Å²) >= 11 is 1.39. The zero-order chi connectivity index (χ0) is 12.3. The molecule has 0 aliphatic rings. The summed E-state index contributed by atoms with van der Waals surface area (Å²) < 4.78 is 17.9. The summed E-state index contributed by atoms with van der Waals surface area (Å²) in [7, 11) is -1.32. The zero-order valence-corrected chi connectivity index (χ0v) is 11.5. The number of carbonyl (C=O) groups is 1. The highest BCUT2D eigenvalue weighted by Gasteiger charge is 2.27. The summed E-state index contributed by atoms with van der Waals surface area (Å²) in [6, 6.07) is 3.58. The first-order valence-electron chi connectivity index (χ1n) is 4.98. The van der Waals surface area contributed by atoms with E-state index in [2.05, 4.69) is 0 Å². The van der Waals surface area contributed by atoms with Gasteiger partial charge in [-0.2, -0.15) is 0 Å². The van der Waals surface area contributed by atoms with Crippen molar-refractivity contribution in [2.75, 3.05) is 0 Å². The van der Waals surface area contributed by atoms with Crippen molar-refractivity contribution in [2.24, 2.45) is 0 Å². The van der Waals surface area contributed by atoms with Crippen LogP contribution in [-0.2, 0) is 20.3 Å². The Labute approximate surface area is 102 Å². The maximum atomic E-state index is 12.0. The molecule has 1 aromatic heterocycles. The molecule has 1 aromatic rings. The van der Waals surface area contributed by atoms with Gasteiger partial charge in [0.15, 0.2) is 0 Å². The minimum Gasteiger partial charge on any atom is -0.459 e. The van der Waals surface area contributed by atoms with E-state index >= 15 is 0 Å². The van der Waals surface area contributed by atoms with Gasteiger partial charge in [0.2, 0.25) is 0 Å². The second-order valence-electron chi connectivity index (χ2n) is 4.41. The number of hydrogen-bond acceptors (Lipinski definition) is 4. The molecule has 0 amide bonds. The van der Waals surface area contributed by atoms with Crippen molar-refractivity contribution < 1.29 is 13.7 Å². The lowest BCUT2D eigenvalue weighted by Crippen LogP contribution is -2.32. The molecule has 5 heteroatoms. The largest absolute Gasteiger partial charge is 0.459 e. The van der Waals surface area contributed by atoms with Crippen molar-refractivity contribution in [3.8, 4) is 0 Å². The third-order valence-corrected chi connectivity index (χ3v) is 4.56.